The Kier molecular flexibility index (Phi) is 4.75. The Morgan fingerprint density at radius 1 is 1.06 bits per heavy atom. The number of likely N-dealkylation sites (N-methyl/N-ethyl adjacent to an activating group) is 1. The van der Waals surface area contributed by atoms with Gasteiger partial charge in [0.1, 0.15) is 0 Å². The van der Waals surface area contributed by atoms with Gasteiger partial charge in [0, 0.05) is 36.8 Å². The maximum atomic E-state index is 14.1. The highest BCUT2D eigenvalue weighted by molar-refractivity contribution is 6.33. The topological polar surface area (TPSA) is 73.0 Å². The van der Waals surface area contributed by atoms with E-state index < -0.39 is 29.3 Å². The number of amides is 4. The van der Waals surface area contributed by atoms with Gasteiger partial charge in [-0.3, -0.25) is 19.8 Å². The lowest BCUT2D eigenvalue weighted by atomic mass is 9.67. The Labute approximate surface area is 185 Å². The number of fused-ring (bicyclic) bond motifs is 4. The lowest BCUT2D eigenvalue weighted by Gasteiger charge is -2.55. The molecule has 0 aliphatic carbocycles. The van der Waals surface area contributed by atoms with E-state index in [9.17, 15) is 14.4 Å². The Hall–Kier alpha value is -2.90. The van der Waals surface area contributed by atoms with Gasteiger partial charge in [0.05, 0.1) is 11.7 Å². The van der Waals surface area contributed by atoms with Crippen LogP contribution in [-0.2, 0) is 16.0 Å². The summed E-state index contributed by atoms with van der Waals surface area (Å²) in [6.07, 6.45) is 0.155. The first-order valence-corrected chi connectivity index (χ1v) is 10.9. The van der Waals surface area contributed by atoms with Gasteiger partial charge < -0.3 is 4.90 Å². The molecule has 0 aromatic heterocycles. The Morgan fingerprint density at radius 3 is 2.58 bits per heavy atom. The van der Waals surface area contributed by atoms with Crippen molar-refractivity contribution in [3.05, 3.63) is 59.1 Å². The molecule has 0 saturated carbocycles. The van der Waals surface area contributed by atoms with Crippen LogP contribution in [0.1, 0.15) is 12.5 Å². The second-order valence-corrected chi connectivity index (χ2v) is 8.63. The monoisotopic (exact) mass is 438 g/mol. The maximum Gasteiger partial charge on any atom is 0.335 e. The summed E-state index contributed by atoms with van der Waals surface area (Å²) in [5, 5.41) is 3.00. The van der Waals surface area contributed by atoms with Crippen LogP contribution in [0.2, 0.25) is 5.02 Å². The number of anilines is 2. The summed E-state index contributed by atoms with van der Waals surface area (Å²) in [5.41, 5.74) is 0.727. The lowest BCUT2D eigenvalue weighted by molar-refractivity contribution is -0.145. The van der Waals surface area contributed by atoms with Crippen molar-refractivity contribution in [3.63, 3.8) is 0 Å². The molecule has 1 N–H and O–H groups in total. The van der Waals surface area contributed by atoms with Gasteiger partial charge >= 0.3 is 6.03 Å². The van der Waals surface area contributed by atoms with Crippen molar-refractivity contribution in [2.24, 2.45) is 5.41 Å². The molecule has 8 heteroatoms. The summed E-state index contributed by atoms with van der Waals surface area (Å²) in [6, 6.07) is 13.3. The number of piperazine rings is 1. The molecular formula is C23H23ClN4O3. The molecule has 2 aromatic rings. The van der Waals surface area contributed by atoms with Gasteiger partial charge in [0.15, 0.2) is 5.41 Å². The van der Waals surface area contributed by atoms with Gasteiger partial charge in [-0.25, -0.2) is 9.69 Å². The van der Waals surface area contributed by atoms with Crippen molar-refractivity contribution in [1.29, 1.82) is 0 Å². The molecule has 2 aromatic carbocycles. The highest BCUT2D eigenvalue weighted by atomic mass is 35.5. The van der Waals surface area contributed by atoms with Gasteiger partial charge in [-0.2, -0.15) is 0 Å². The number of halogens is 1. The van der Waals surface area contributed by atoms with Crippen LogP contribution in [-0.4, -0.2) is 55.0 Å². The van der Waals surface area contributed by atoms with E-state index in [1.807, 2.05) is 18.2 Å². The number of hydrogen-bond donors (Lipinski definition) is 1. The Balaban J connectivity index is 1.69. The number of para-hydroxylation sites is 1. The number of rotatable bonds is 2. The van der Waals surface area contributed by atoms with E-state index in [4.69, 9.17) is 11.6 Å². The van der Waals surface area contributed by atoms with E-state index in [0.29, 0.717) is 23.8 Å². The van der Waals surface area contributed by atoms with Crippen LogP contribution in [0, 0.1) is 5.41 Å². The quantitative estimate of drug-likeness (QED) is 0.730. The summed E-state index contributed by atoms with van der Waals surface area (Å²) in [4.78, 5) is 45.8. The number of barbiturate groups is 1. The van der Waals surface area contributed by atoms with Gasteiger partial charge in [0.25, 0.3) is 5.91 Å². The van der Waals surface area contributed by atoms with E-state index in [-0.39, 0.29) is 6.42 Å². The molecule has 4 amide bonds. The second-order valence-electron chi connectivity index (χ2n) is 8.22. The third-order valence-corrected chi connectivity index (χ3v) is 7.12. The average molecular weight is 439 g/mol. The molecule has 2 atom stereocenters. The van der Waals surface area contributed by atoms with E-state index in [2.05, 4.69) is 22.0 Å². The van der Waals surface area contributed by atoms with Crippen molar-refractivity contribution in [2.45, 2.75) is 19.4 Å². The zero-order chi connectivity index (χ0) is 21.8. The molecule has 2 fully saturated rings. The molecular weight excluding hydrogens is 416 g/mol. The third-order valence-electron chi connectivity index (χ3n) is 6.77. The van der Waals surface area contributed by atoms with Gasteiger partial charge in [-0.05, 0) is 36.4 Å². The number of nitrogens with one attached hydrogen (secondary N) is 1. The molecule has 0 radical (unpaired) electrons. The normalized spacial score (nSPS) is 26.0. The maximum absolute atomic E-state index is 14.1. The van der Waals surface area contributed by atoms with Crippen molar-refractivity contribution in [3.8, 4) is 0 Å². The molecule has 3 heterocycles. The molecule has 5 rings (SSSR count). The standard InChI is InChI=1S/C23H23ClN4O3/c1-2-26-11-12-27-18-10-6-9-17(24)16(18)13-23(19(27)14-26)20(29)25-22(31)28(21(23)30)15-7-4-3-5-8-15/h3-10,19H,2,11-14H2,1H3,(H,25,29,31)/t19-,23+/m0/s1. The minimum atomic E-state index is -1.45. The van der Waals surface area contributed by atoms with Gasteiger partial charge in [0.2, 0.25) is 5.91 Å². The predicted molar refractivity (Wildman–Crippen MR) is 118 cm³/mol. The predicted octanol–water partition coefficient (Wildman–Crippen LogP) is 2.68. The largest absolute Gasteiger partial charge is 0.364 e. The fraction of sp³-hybridized carbons (Fsp3) is 0.348. The molecule has 31 heavy (non-hydrogen) atoms. The number of carbonyl (C=O) groups excluding carboxylic acids is 3. The third kappa shape index (κ3) is 2.87. The fourth-order valence-electron chi connectivity index (χ4n) is 5.14. The first kappa shape index (κ1) is 20.0. The van der Waals surface area contributed by atoms with Crippen molar-refractivity contribution < 1.29 is 14.4 Å². The summed E-state index contributed by atoms with van der Waals surface area (Å²) in [5.74, 6) is -1.04. The number of benzene rings is 2. The minimum absolute atomic E-state index is 0.155. The molecule has 160 valence electrons. The van der Waals surface area contributed by atoms with Crippen LogP contribution in [0.15, 0.2) is 48.5 Å². The summed E-state index contributed by atoms with van der Waals surface area (Å²) >= 11 is 6.55. The van der Waals surface area contributed by atoms with Crippen LogP contribution >= 0.6 is 11.6 Å². The van der Waals surface area contributed by atoms with Crippen LogP contribution in [0.4, 0.5) is 16.2 Å². The van der Waals surface area contributed by atoms with Crippen molar-refractivity contribution in [1.82, 2.24) is 10.2 Å². The summed E-state index contributed by atoms with van der Waals surface area (Å²) < 4.78 is 0. The lowest BCUT2D eigenvalue weighted by Crippen LogP contribution is -2.75. The van der Waals surface area contributed by atoms with E-state index in [1.165, 1.54) is 0 Å². The number of imide groups is 2. The zero-order valence-electron chi connectivity index (χ0n) is 17.2. The van der Waals surface area contributed by atoms with E-state index in [1.54, 1.807) is 30.3 Å². The Bertz CT molecular complexity index is 1080. The Morgan fingerprint density at radius 2 is 1.84 bits per heavy atom. The minimum Gasteiger partial charge on any atom is -0.364 e. The first-order valence-electron chi connectivity index (χ1n) is 10.5. The number of urea groups is 1. The molecule has 3 aliphatic heterocycles. The van der Waals surface area contributed by atoms with E-state index >= 15 is 0 Å². The summed E-state index contributed by atoms with van der Waals surface area (Å²) in [6.45, 7) is 4.94. The highest BCUT2D eigenvalue weighted by Crippen LogP contribution is 2.48. The number of hydrogen-bond acceptors (Lipinski definition) is 5. The van der Waals surface area contributed by atoms with Crippen LogP contribution in [0.25, 0.3) is 0 Å². The molecule has 0 bridgehead atoms. The van der Waals surface area contributed by atoms with Crippen LogP contribution in [0.5, 0.6) is 0 Å². The van der Waals surface area contributed by atoms with Crippen molar-refractivity contribution in [2.75, 3.05) is 36.0 Å². The first-order chi connectivity index (χ1) is 15.0. The van der Waals surface area contributed by atoms with Crippen LogP contribution in [0.3, 0.4) is 0 Å². The molecule has 7 nitrogen and oxygen atoms in total. The molecule has 1 spiro atoms. The average Bonchev–Trinajstić information content (AvgIpc) is 2.78. The molecule has 3 aliphatic rings. The number of carbonyl (C=O) groups is 3. The summed E-state index contributed by atoms with van der Waals surface area (Å²) in [7, 11) is 0. The molecule has 2 saturated heterocycles. The SMILES string of the molecule is CCN1CCN2c3cccc(Cl)c3C[C@]3(C(=O)NC(=O)N(c4ccccc4)C3=O)[C@@H]2C1. The second kappa shape index (κ2) is 7.35. The van der Waals surface area contributed by atoms with E-state index in [0.717, 1.165) is 29.2 Å². The highest BCUT2D eigenvalue weighted by Gasteiger charge is 2.63. The molecule has 0 unspecified atom stereocenters. The number of nitrogens with zero attached hydrogens (tertiary/aromatic N) is 3. The van der Waals surface area contributed by atoms with Crippen molar-refractivity contribution >= 4 is 40.8 Å². The van der Waals surface area contributed by atoms with Gasteiger partial charge in [-0.1, -0.05) is 42.8 Å². The van der Waals surface area contributed by atoms with Crippen LogP contribution < -0.4 is 15.1 Å². The smallest absolute Gasteiger partial charge is 0.335 e. The zero-order valence-corrected chi connectivity index (χ0v) is 17.9. The van der Waals surface area contributed by atoms with Gasteiger partial charge in [-0.15, -0.1) is 0 Å². The fourth-order valence-corrected chi connectivity index (χ4v) is 5.38.